The van der Waals surface area contributed by atoms with Crippen molar-refractivity contribution in [2.24, 2.45) is 0 Å². The van der Waals surface area contributed by atoms with Crippen LogP contribution in [0.5, 0.6) is 5.75 Å². The van der Waals surface area contributed by atoms with E-state index in [1.807, 2.05) is 67.6 Å². The lowest BCUT2D eigenvalue weighted by molar-refractivity contribution is 0.101. The Morgan fingerprint density at radius 3 is 1.83 bits per heavy atom. The van der Waals surface area contributed by atoms with Crippen LogP contribution in [0.1, 0.15) is 24.2 Å². The maximum Gasteiger partial charge on any atom is 0.159 e. The molecule has 2 aromatic carbocycles. The highest BCUT2D eigenvalue weighted by Crippen LogP contribution is 2.06. The fourth-order valence-corrected chi connectivity index (χ4v) is 1.36. The highest BCUT2D eigenvalue weighted by Gasteiger charge is 1.92. The molecule has 2 nitrogen and oxygen atoms in total. The number of rotatable bonds is 3. The van der Waals surface area contributed by atoms with Gasteiger partial charge in [0.05, 0.1) is 6.61 Å². The zero-order valence-electron chi connectivity index (χ0n) is 10.8. The van der Waals surface area contributed by atoms with Crippen LogP contribution in [0.2, 0.25) is 0 Å². The van der Waals surface area contributed by atoms with Crippen LogP contribution in [0.3, 0.4) is 0 Å². The number of ketones is 1. The largest absolute Gasteiger partial charge is 0.494 e. The second-order valence-corrected chi connectivity index (χ2v) is 3.67. The Morgan fingerprint density at radius 1 is 0.944 bits per heavy atom. The minimum Gasteiger partial charge on any atom is -0.494 e. The molecule has 18 heavy (non-hydrogen) atoms. The maximum absolute atomic E-state index is 10.6. The van der Waals surface area contributed by atoms with E-state index in [-0.39, 0.29) is 5.78 Å². The van der Waals surface area contributed by atoms with Crippen molar-refractivity contribution in [3.8, 4) is 5.75 Å². The number of hydrogen-bond donors (Lipinski definition) is 0. The number of para-hydroxylation sites is 1. The normalized spacial score (nSPS) is 9.00. The van der Waals surface area contributed by atoms with Crippen LogP contribution in [-0.2, 0) is 0 Å². The van der Waals surface area contributed by atoms with Gasteiger partial charge < -0.3 is 4.74 Å². The molecule has 0 bridgehead atoms. The van der Waals surface area contributed by atoms with Gasteiger partial charge in [-0.1, -0.05) is 48.5 Å². The average Bonchev–Trinajstić information content (AvgIpc) is 2.42. The molecule has 0 fully saturated rings. The molecular formula is C16H18O2. The molecule has 0 saturated heterocycles. The summed E-state index contributed by atoms with van der Waals surface area (Å²) in [6, 6.07) is 19.0. The second kappa shape index (κ2) is 8.07. The lowest BCUT2D eigenvalue weighted by Crippen LogP contribution is -1.89. The smallest absolute Gasteiger partial charge is 0.159 e. The first-order valence-electron chi connectivity index (χ1n) is 5.98. The molecule has 0 spiro atoms. The number of carbonyl (C=O) groups is 1. The standard InChI is InChI=1S/C8H8O.C8H10O/c1-7(9)8-5-3-2-4-6-8;1-2-9-8-6-4-3-5-7-8/h2-6H,1H3;3-7H,2H2,1H3. The first kappa shape index (κ1) is 14.0. The Balaban J connectivity index is 0.000000180. The van der Waals surface area contributed by atoms with Crippen LogP contribution in [0.15, 0.2) is 60.7 Å². The minimum absolute atomic E-state index is 0.121. The predicted molar refractivity (Wildman–Crippen MR) is 74.1 cm³/mol. The van der Waals surface area contributed by atoms with E-state index in [0.717, 1.165) is 17.9 Å². The zero-order valence-corrected chi connectivity index (χ0v) is 10.8. The SMILES string of the molecule is CC(=O)c1ccccc1.CCOc1ccccc1. The van der Waals surface area contributed by atoms with E-state index < -0.39 is 0 Å². The molecule has 0 aromatic heterocycles. The van der Waals surface area contributed by atoms with Gasteiger partial charge in [0.25, 0.3) is 0 Å². The van der Waals surface area contributed by atoms with Gasteiger partial charge in [0.2, 0.25) is 0 Å². The average molecular weight is 242 g/mol. The number of ether oxygens (including phenoxy) is 1. The van der Waals surface area contributed by atoms with E-state index in [2.05, 4.69) is 0 Å². The zero-order chi connectivity index (χ0) is 13.2. The molecule has 2 aromatic rings. The third kappa shape index (κ3) is 5.30. The van der Waals surface area contributed by atoms with E-state index in [4.69, 9.17) is 4.74 Å². The van der Waals surface area contributed by atoms with Gasteiger partial charge in [0, 0.05) is 5.56 Å². The lowest BCUT2D eigenvalue weighted by Gasteiger charge is -1.99. The third-order valence-corrected chi connectivity index (χ3v) is 2.23. The number of Topliss-reactive ketones (excluding diaryl/α,β-unsaturated/α-hetero) is 1. The summed E-state index contributed by atoms with van der Waals surface area (Å²) in [4.78, 5) is 10.6. The Hall–Kier alpha value is -2.09. The van der Waals surface area contributed by atoms with Crippen LogP contribution in [-0.4, -0.2) is 12.4 Å². The molecule has 0 heterocycles. The summed E-state index contributed by atoms with van der Waals surface area (Å²) >= 11 is 0. The highest BCUT2D eigenvalue weighted by molar-refractivity contribution is 5.93. The van der Waals surface area contributed by atoms with E-state index in [1.54, 1.807) is 6.92 Å². The summed E-state index contributed by atoms with van der Waals surface area (Å²) in [6.45, 7) is 4.28. The van der Waals surface area contributed by atoms with Gasteiger partial charge in [0.1, 0.15) is 5.75 Å². The summed E-state index contributed by atoms with van der Waals surface area (Å²) in [5.74, 6) is 1.07. The van der Waals surface area contributed by atoms with Crippen LogP contribution in [0.25, 0.3) is 0 Å². The van der Waals surface area contributed by atoms with Gasteiger partial charge in [-0.15, -0.1) is 0 Å². The molecule has 0 saturated carbocycles. The first-order chi connectivity index (χ1) is 8.74. The molecule has 0 unspecified atom stereocenters. The lowest BCUT2D eigenvalue weighted by atomic mass is 10.2. The highest BCUT2D eigenvalue weighted by atomic mass is 16.5. The third-order valence-electron chi connectivity index (χ3n) is 2.23. The molecule has 0 N–H and O–H groups in total. The second-order valence-electron chi connectivity index (χ2n) is 3.67. The van der Waals surface area contributed by atoms with Crippen LogP contribution >= 0.6 is 0 Å². The van der Waals surface area contributed by atoms with Gasteiger partial charge in [-0.05, 0) is 26.0 Å². The summed E-state index contributed by atoms with van der Waals surface area (Å²) in [7, 11) is 0. The van der Waals surface area contributed by atoms with Crippen molar-refractivity contribution in [2.75, 3.05) is 6.61 Å². The monoisotopic (exact) mass is 242 g/mol. The minimum atomic E-state index is 0.121. The van der Waals surface area contributed by atoms with Crippen LogP contribution in [0, 0.1) is 0 Å². The van der Waals surface area contributed by atoms with Crippen molar-refractivity contribution >= 4 is 5.78 Å². The Kier molecular flexibility index (Phi) is 6.26. The fourth-order valence-electron chi connectivity index (χ4n) is 1.36. The van der Waals surface area contributed by atoms with Gasteiger partial charge in [-0.2, -0.15) is 0 Å². The Bertz CT molecular complexity index is 449. The molecule has 0 amide bonds. The number of hydrogen-bond acceptors (Lipinski definition) is 2. The molecule has 0 atom stereocenters. The van der Waals surface area contributed by atoms with Crippen molar-refractivity contribution in [1.82, 2.24) is 0 Å². The van der Waals surface area contributed by atoms with Crippen molar-refractivity contribution in [3.63, 3.8) is 0 Å². The molecule has 0 radical (unpaired) electrons. The summed E-state index contributed by atoms with van der Waals surface area (Å²) in [5, 5.41) is 0. The summed E-state index contributed by atoms with van der Waals surface area (Å²) in [6.07, 6.45) is 0. The Morgan fingerprint density at radius 2 is 1.44 bits per heavy atom. The molecule has 2 heteroatoms. The molecule has 94 valence electrons. The van der Waals surface area contributed by atoms with Crippen LogP contribution in [0.4, 0.5) is 0 Å². The quantitative estimate of drug-likeness (QED) is 0.761. The Labute approximate surface area is 108 Å². The molecule has 0 aliphatic rings. The van der Waals surface area contributed by atoms with Crippen LogP contribution < -0.4 is 4.74 Å². The fraction of sp³-hybridized carbons (Fsp3) is 0.188. The van der Waals surface area contributed by atoms with Gasteiger partial charge >= 0.3 is 0 Å². The molecule has 2 rings (SSSR count). The van der Waals surface area contributed by atoms with Crippen molar-refractivity contribution in [1.29, 1.82) is 0 Å². The van der Waals surface area contributed by atoms with E-state index >= 15 is 0 Å². The summed E-state index contributed by atoms with van der Waals surface area (Å²) < 4.78 is 5.21. The maximum atomic E-state index is 10.6. The van der Waals surface area contributed by atoms with E-state index in [0.29, 0.717) is 0 Å². The molecule has 0 aliphatic carbocycles. The van der Waals surface area contributed by atoms with Crippen molar-refractivity contribution in [2.45, 2.75) is 13.8 Å². The molecular weight excluding hydrogens is 224 g/mol. The predicted octanol–water partition coefficient (Wildman–Crippen LogP) is 3.97. The number of benzene rings is 2. The van der Waals surface area contributed by atoms with Gasteiger partial charge in [0.15, 0.2) is 5.78 Å². The van der Waals surface area contributed by atoms with Gasteiger partial charge in [-0.25, -0.2) is 0 Å². The van der Waals surface area contributed by atoms with E-state index in [9.17, 15) is 4.79 Å². The van der Waals surface area contributed by atoms with E-state index in [1.165, 1.54) is 0 Å². The first-order valence-corrected chi connectivity index (χ1v) is 5.98. The molecule has 0 aliphatic heterocycles. The van der Waals surface area contributed by atoms with Crippen molar-refractivity contribution < 1.29 is 9.53 Å². The summed E-state index contributed by atoms with van der Waals surface area (Å²) in [5.41, 5.74) is 0.775. The number of carbonyl (C=O) groups excluding carboxylic acids is 1. The van der Waals surface area contributed by atoms with Gasteiger partial charge in [-0.3, -0.25) is 4.79 Å². The van der Waals surface area contributed by atoms with Crippen molar-refractivity contribution in [3.05, 3.63) is 66.2 Å². The topological polar surface area (TPSA) is 26.3 Å².